The van der Waals surface area contributed by atoms with E-state index in [1.165, 1.54) is 11.6 Å². The van der Waals surface area contributed by atoms with Gasteiger partial charge in [-0.15, -0.1) is 11.3 Å². The molecule has 3 aromatic heterocycles. The number of thiazole rings is 1. The van der Waals surface area contributed by atoms with Gasteiger partial charge in [-0.05, 0) is 19.1 Å². The molecule has 0 fully saturated rings. The van der Waals surface area contributed by atoms with Crippen molar-refractivity contribution in [2.75, 3.05) is 11.2 Å². The molecule has 0 spiro atoms. The molecule has 0 unspecified atom stereocenters. The zero-order chi connectivity index (χ0) is 20.7. The first kappa shape index (κ1) is 19.4. The summed E-state index contributed by atoms with van der Waals surface area (Å²) in [6, 6.07) is 8.04. The van der Waals surface area contributed by atoms with Gasteiger partial charge in [-0.3, -0.25) is 13.9 Å². The second-order valence-electron chi connectivity index (χ2n) is 6.57. The van der Waals surface area contributed by atoms with Crippen LogP contribution in [0.3, 0.4) is 0 Å². The third kappa shape index (κ3) is 3.47. The van der Waals surface area contributed by atoms with Crippen molar-refractivity contribution in [2.45, 2.75) is 11.3 Å². The number of nitrogens with zero attached hydrogens (tertiary/aromatic N) is 6. The van der Waals surface area contributed by atoms with Crippen LogP contribution in [0, 0.1) is 0 Å². The molecule has 1 aromatic carbocycles. The lowest BCUT2D eigenvalue weighted by atomic mass is 10.3. The molecule has 0 aliphatic rings. The zero-order valence-electron chi connectivity index (χ0n) is 16.3. The zero-order valence-corrected chi connectivity index (χ0v) is 18.0. The summed E-state index contributed by atoms with van der Waals surface area (Å²) >= 11 is 3.27. The molecule has 1 N–H and O–H groups in total. The summed E-state index contributed by atoms with van der Waals surface area (Å²) in [7, 11) is 4.75. The van der Waals surface area contributed by atoms with Gasteiger partial charge in [-0.25, -0.2) is 15.2 Å². The Kier molecular flexibility index (Phi) is 5.01. The largest absolute Gasteiger partial charge is 0.332 e. The first-order chi connectivity index (χ1) is 13.9. The van der Waals surface area contributed by atoms with Crippen LogP contribution in [0.2, 0.25) is 0 Å². The first-order valence-electron chi connectivity index (χ1n) is 8.77. The molecule has 11 heteroatoms. The summed E-state index contributed by atoms with van der Waals surface area (Å²) in [6.45, 7) is 1.91. The summed E-state index contributed by atoms with van der Waals surface area (Å²) < 4.78 is 6.17. The van der Waals surface area contributed by atoms with Gasteiger partial charge in [0.2, 0.25) is 5.95 Å². The predicted molar refractivity (Wildman–Crippen MR) is 118 cm³/mol. The molecule has 0 aliphatic carbocycles. The first-order valence-corrected chi connectivity index (χ1v) is 10.6. The van der Waals surface area contributed by atoms with E-state index >= 15 is 0 Å². The normalized spacial score (nSPS) is 12.2. The quantitative estimate of drug-likeness (QED) is 0.297. The smallest absolute Gasteiger partial charge is 0.306 e. The minimum atomic E-state index is -0.418. The number of aromatic nitrogens is 5. The molecule has 150 valence electrons. The van der Waals surface area contributed by atoms with E-state index in [0.717, 1.165) is 24.8 Å². The van der Waals surface area contributed by atoms with Crippen LogP contribution in [-0.4, -0.2) is 35.1 Å². The highest BCUT2D eigenvalue weighted by Crippen LogP contribution is 2.29. The van der Waals surface area contributed by atoms with Crippen molar-refractivity contribution in [3.8, 4) is 0 Å². The molecule has 0 aliphatic heterocycles. The van der Waals surface area contributed by atoms with E-state index in [-0.39, 0.29) is 0 Å². The Bertz CT molecular complexity index is 1340. The Balaban J connectivity index is 1.53. The number of hydrogen-bond donors (Lipinski definition) is 1. The standard InChI is InChI=1S/C18H19N7O2S2/c1-10(9-28-17-19-11-7-5-6-8-12(11)29-17)21-22-16-20-14-13(23(16)2)15(26)25(4)18(27)24(14)3/h5-8H,9H2,1-4H3,(H,20,22). The predicted octanol–water partition coefficient (Wildman–Crippen LogP) is 2.16. The minimum absolute atomic E-state index is 0.319. The number of hydrazone groups is 1. The van der Waals surface area contributed by atoms with E-state index in [1.54, 1.807) is 41.8 Å². The Morgan fingerprint density at radius 3 is 2.66 bits per heavy atom. The summed E-state index contributed by atoms with van der Waals surface area (Å²) in [6.07, 6.45) is 0. The van der Waals surface area contributed by atoms with Crippen molar-refractivity contribution in [3.05, 3.63) is 45.1 Å². The second kappa shape index (κ2) is 7.48. The van der Waals surface area contributed by atoms with Gasteiger partial charge < -0.3 is 4.57 Å². The maximum atomic E-state index is 12.4. The number of aryl methyl sites for hydroxylation is 2. The molecule has 29 heavy (non-hydrogen) atoms. The summed E-state index contributed by atoms with van der Waals surface area (Å²) in [5.74, 6) is 1.06. The van der Waals surface area contributed by atoms with Crippen molar-refractivity contribution < 1.29 is 0 Å². The lowest BCUT2D eigenvalue weighted by Crippen LogP contribution is -2.37. The van der Waals surface area contributed by atoms with Crippen LogP contribution in [0.25, 0.3) is 21.4 Å². The van der Waals surface area contributed by atoms with E-state index in [1.807, 2.05) is 25.1 Å². The monoisotopic (exact) mass is 429 g/mol. The molecular weight excluding hydrogens is 410 g/mol. The van der Waals surface area contributed by atoms with Gasteiger partial charge in [-0.1, -0.05) is 23.9 Å². The van der Waals surface area contributed by atoms with Crippen LogP contribution in [0.4, 0.5) is 5.95 Å². The molecule has 4 rings (SSSR count). The number of para-hydroxylation sites is 1. The average molecular weight is 430 g/mol. The van der Waals surface area contributed by atoms with E-state index in [4.69, 9.17) is 0 Å². The maximum absolute atomic E-state index is 12.4. The Morgan fingerprint density at radius 2 is 1.90 bits per heavy atom. The van der Waals surface area contributed by atoms with Crippen molar-refractivity contribution in [2.24, 2.45) is 26.2 Å². The van der Waals surface area contributed by atoms with Gasteiger partial charge in [0.05, 0.1) is 10.2 Å². The van der Waals surface area contributed by atoms with Crippen LogP contribution >= 0.6 is 23.1 Å². The minimum Gasteiger partial charge on any atom is -0.306 e. The second-order valence-corrected chi connectivity index (χ2v) is 8.82. The lowest BCUT2D eigenvalue weighted by molar-refractivity contribution is 0.705. The lowest BCUT2D eigenvalue weighted by Gasteiger charge is -2.04. The highest BCUT2D eigenvalue weighted by molar-refractivity contribution is 8.01. The van der Waals surface area contributed by atoms with Crippen LogP contribution < -0.4 is 16.7 Å². The molecule has 0 saturated carbocycles. The van der Waals surface area contributed by atoms with Gasteiger partial charge >= 0.3 is 5.69 Å². The summed E-state index contributed by atoms with van der Waals surface area (Å²) in [4.78, 5) is 33.5. The fraction of sp³-hybridized carbons (Fsp3) is 0.278. The fourth-order valence-electron chi connectivity index (χ4n) is 2.88. The van der Waals surface area contributed by atoms with Gasteiger partial charge in [0.1, 0.15) is 0 Å². The third-order valence-corrected chi connectivity index (χ3v) is 6.84. The SMILES string of the molecule is CC(CSc1nc2ccccc2s1)=NNc1nc2c(c(=O)n(C)c(=O)n2C)n1C. The average Bonchev–Trinajstić information content (AvgIpc) is 3.28. The fourth-order valence-corrected chi connectivity index (χ4v) is 4.81. The summed E-state index contributed by atoms with van der Waals surface area (Å²) in [5.41, 5.74) is 4.61. The van der Waals surface area contributed by atoms with Crippen molar-refractivity contribution >= 4 is 56.1 Å². The number of hydrogen-bond acceptors (Lipinski definition) is 8. The van der Waals surface area contributed by atoms with Crippen molar-refractivity contribution in [3.63, 3.8) is 0 Å². The number of rotatable bonds is 5. The number of anilines is 1. The van der Waals surface area contributed by atoms with Crippen LogP contribution in [0.1, 0.15) is 6.92 Å². The van der Waals surface area contributed by atoms with Crippen LogP contribution in [-0.2, 0) is 21.1 Å². The van der Waals surface area contributed by atoms with Gasteiger partial charge in [0.15, 0.2) is 15.5 Å². The van der Waals surface area contributed by atoms with Gasteiger partial charge in [-0.2, -0.15) is 10.1 Å². The molecular formula is C18H19N7O2S2. The maximum Gasteiger partial charge on any atom is 0.332 e. The number of benzene rings is 1. The van der Waals surface area contributed by atoms with Crippen LogP contribution in [0.15, 0.2) is 43.3 Å². The highest BCUT2D eigenvalue weighted by Gasteiger charge is 2.16. The highest BCUT2D eigenvalue weighted by atomic mass is 32.2. The molecule has 0 saturated heterocycles. The van der Waals surface area contributed by atoms with E-state index in [0.29, 0.717) is 22.9 Å². The van der Waals surface area contributed by atoms with Gasteiger partial charge in [0.25, 0.3) is 5.56 Å². The Hall–Kier alpha value is -2.92. The van der Waals surface area contributed by atoms with Crippen LogP contribution in [0.5, 0.6) is 0 Å². The van der Waals surface area contributed by atoms with E-state index in [2.05, 4.69) is 26.6 Å². The number of fused-ring (bicyclic) bond motifs is 2. The molecule has 0 radical (unpaired) electrons. The molecule has 4 aromatic rings. The number of nitrogens with one attached hydrogen (secondary N) is 1. The Morgan fingerprint density at radius 1 is 1.14 bits per heavy atom. The van der Waals surface area contributed by atoms with E-state index in [9.17, 15) is 9.59 Å². The van der Waals surface area contributed by atoms with E-state index < -0.39 is 11.2 Å². The summed E-state index contributed by atoms with van der Waals surface area (Å²) in [5, 5.41) is 4.37. The number of thioether (sulfide) groups is 1. The third-order valence-electron chi connectivity index (χ3n) is 4.50. The molecule has 0 atom stereocenters. The van der Waals surface area contributed by atoms with Gasteiger partial charge in [0, 0.05) is 32.6 Å². The Labute approximate surface area is 173 Å². The molecule has 0 amide bonds. The molecule has 3 heterocycles. The topological polar surface area (TPSA) is 99.1 Å². The van der Waals surface area contributed by atoms with Crippen molar-refractivity contribution in [1.29, 1.82) is 0 Å². The number of imidazole rings is 1. The van der Waals surface area contributed by atoms with Crippen molar-refractivity contribution in [1.82, 2.24) is 23.7 Å². The molecule has 9 nitrogen and oxygen atoms in total. The molecule has 0 bridgehead atoms.